The van der Waals surface area contributed by atoms with Gasteiger partial charge in [0.2, 0.25) is 0 Å². The Kier molecular flexibility index (Phi) is 6.40. The Morgan fingerprint density at radius 1 is 1.00 bits per heavy atom. The van der Waals surface area contributed by atoms with E-state index < -0.39 is 6.10 Å². The summed E-state index contributed by atoms with van der Waals surface area (Å²) < 4.78 is 16.8. The Morgan fingerprint density at radius 2 is 1.52 bits per heavy atom. The van der Waals surface area contributed by atoms with Gasteiger partial charge in [0.1, 0.15) is 24.7 Å². The lowest BCUT2D eigenvalue weighted by molar-refractivity contribution is -0.0720. The number of ether oxygens (including phenoxy) is 3. The monoisotopic (exact) mass is 370 g/mol. The Balaban J connectivity index is 1.62. The van der Waals surface area contributed by atoms with Gasteiger partial charge in [-0.25, -0.2) is 0 Å². The molecule has 1 saturated heterocycles. The average Bonchev–Trinajstić information content (AvgIpc) is 2.65. The molecule has 2 aromatic carbocycles. The van der Waals surface area contributed by atoms with Gasteiger partial charge in [-0.3, -0.25) is 0 Å². The summed E-state index contributed by atoms with van der Waals surface area (Å²) in [6.07, 6.45) is 1.61. The van der Waals surface area contributed by atoms with Crippen molar-refractivity contribution in [1.29, 1.82) is 0 Å². The topological polar surface area (TPSA) is 47.9 Å². The molecule has 4 nitrogen and oxygen atoms in total. The van der Waals surface area contributed by atoms with Gasteiger partial charge in [-0.05, 0) is 41.8 Å². The third kappa shape index (κ3) is 5.02. The Labute approximate surface area is 162 Å². The summed E-state index contributed by atoms with van der Waals surface area (Å²) in [4.78, 5) is 0. The number of hydrogen-bond donors (Lipinski definition) is 1. The van der Waals surface area contributed by atoms with E-state index in [1.807, 2.05) is 31.2 Å². The molecule has 1 heterocycles. The van der Waals surface area contributed by atoms with Gasteiger partial charge in [-0.2, -0.15) is 0 Å². The van der Waals surface area contributed by atoms with Crippen molar-refractivity contribution in [2.75, 3.05) is 19.8 Å². The van der Waals surface area contributed by atoms with E-state index in [1.165, 1.54) is 11.1 Å². The normalized spacial score (nSPS) is 17.9. The molecule has 0 aliphatic carbocycles. The fraction of sp³-hybridized carbons (Fsp3) is 0.478. The molecule has 1 aliphatic heterocycles. The van der Waals surface area contributed by atoms with E-state index in [4.69, 9.17) is 14.2 Å². The SMILES string of the molecule is CCC(O)COc1ccc(C(C)(C)c2ccc(OCC3CCO3)cc2)cc1. The number of benzene rings is 2. The van der Waals surface area contributed by atoms with Crippen molar-refractivity contribution in [1.82, 2.24) is 0 Å². The van der Waals surface area contributed by atoms with Crippen LogP contribution in [0.5, 0.6) is 11.5 Å². The largest absolute Gasteiger partial charge is 0.491 e. The molecule has 0 radical (unpaired) electrons. The molecular weight excluding hydrogens is 340 g/mol. The van der Waals surface area contributed by atoms with E-state index in [0.717, 1.165) is 24.5 Å². The third-order valence-electron chi connectivity index (χ3n) is 5.29. The molecule has 2 atom stereocenters. The minimum Gasteiger partial charge on any atom is -0.491 e. The van der Waals surface area contributed by atoms with Crippen molar-refractivity contribution >= 4 is 0 Å². The van der Waals surface area contributed by atoms with Gasteiger partial charge in [-0.1, -0.05) is 45.0 Å². The molecule has 3 rings (SSSR count). The van der Waals surface area contributed by atoms with Crippen LogP contribution in [0.25, 0.3) is 0 Å². The third-order valence-corrected chi connectivity index (χ3v) is 5.29. The van der Waals surface area contributed by atoms with Crippen LogP contribution in [0, 0.1) is 0 Å². The highest BCUT2D eigenvalue weighted by Gasteiger charge is 2.23. The van der Waals surface area contributed by atoms with Crippen LogP contribution in [-0.2, 0) is 10.2 Å². The van der Waals surface area contributed by atoms with Crippen LogP contribution >= 0.6 is 0 Å². The van der Waals surface area contributed by atoms with E-state index >= 15 is 0 Å². The van der Waals surface area contributed by atoms with Gasteiger partial charge in [0.25, 0.3) is 0 Å². The number of hydrogen-bond acceptors (Lipinski definition) is 4. The van der Waals surface area contributed by atoms with Crippen LogP contribution in [-0.4, -0.2) is 37.1 Å². The second-order valence-electron chi connectivity index (χ2n) is 7.64. The quantitative estimate of drug-likeness (QED) is 0.714. The molecule has 4 heteroatoms. The highest BCUT2D eigenvalue weighted by atomic mass is 16.5. The summed E-state index contributed by atoms with van der Waals surface area (Å²) in [5.74, 6) is 1.66. The summed E-state index contributed by atoms with van der Waals surface area (Å²) >= 11 is 0. The Bertz CT molecular complexity index is 648. The number of aliphatic hydroxyl groups excluding tert-OH is 1. The van der Waals surface area contributed by atoms with Gasteiger partial charge in [0, 0.05) is 18.4 Å². The molecule has 0 aromatic heterocycles. The maximum absolute atomic E-state index is 9.62. The summed E-state index contributed by atoms with van der Waals surface area (Å²) in [7, 11) is 0. The van der Waals surface area contributed by atoms with Crippen molar-refractivity contribution in [3.05, 3.63) is 59.7 Å². The van der Waals surface area contributed by atoms with Crippen molar-refractivity contribution in [2.45, 2.75) is 51.2 Å². The number of rotatable bonds is 9. The van der Waals surface area contributed by atoms with Crippen molar-refractivity contribution < 1.29 is 19.3 Å². The van der Waals surface area contributed by atoms with Crippen LogP contribution < -0.4 is 9.47 Å². The molecule has 1 N–H and O–H groups in total. The van der Waals surface area contributed by atoms with E-state index in [0.29, 0.717) is 19.6 Å². The highest BCUT2D eigenvalue weighted by molar-refractivity contribution is 5.41. The molecule has 2 aromatic rings. The van der Waals surface area contributed by atoms with Gasteiger partial charge in [-0.15, -0.1) is 0 Å². The molecule has 0 bridgehead atoms. The van der Waals surface area contributed by atoms with E-state index in [1.54, 1.807) is 0 Å². The molecule has 146 valence electrons. The summed E-state index contributed by atoms with van der Waals surface area (Å²) in [5.41, 5.74) is 2.31. The predicted molar refractivity (Wildman–Crippen MR) is 107 cm³/mol. The average molecular weight is 370 g/mol. The van der Waals surface area contributed by atoms with E-state index in [-0.39, 0.29) is 11.5 Å². The summed E-state index contributed by atoms with van der Waals surface area (Å²) in [5, 5.41) is 9.62. The van der Waals surface area contributed by atoms with Crippen molar-refractivity contribution in [3.63, 3.8) is 0 Å². The Morgan fingerprint density at radius 3 is 1.96 bits per heavy atom. The van der Waals surface area contributed by atoms with Gasteiger partial charge in [0.05, 0.1) is 12.2 Å². The zero-order chi connectivity index (χ0) is 19.3. The van der Waals surface area contributed by atoms with Crippen LogP contribution in [0.3, 0.4) is 0 Å². The zero-order valence-electron chi connectivity index (χ0n) is 16.5. The molecule has 2 unspecified atom stereocenters. The number of aliphatic hydroxyl groups is 1. The molecule has 0 spiro atoms. The maximum Gasteiger partial charge on any atom is 0.119 e. The first-order chi connectivity index (χ1) is 13.0. The fourth-order valence-electron chi connectivity index (χ4n) is 3.02. The minimum atomic E-state index is -0.419. The fourth-order valence-corrected chi connectivity index (χ4v) is 3.02. The first-order valence-corrected chi connectivity index (χ1v) is 9.75. The molecule has 0 amide bonds. The van der Waals surface area contributed by atoms with Crippen LogP contribution in [0.15, 0.2) is 48.5 Å². The van der Waals surface area contributed by atoms with Crippen molar-refractivity contribution in [3.8, 4) is 11.5 Å². The lowest BCUT2D eigenvalue weighted by atomic mass is 9.78. The first kappa shape index (κ1) is 19.7. The molecule has 1 fully saturated rings. The predicted octanol–water partition coefficient (Wildman–Crippen LogP) is 4.33. The molecular formula is C23H30O4. The van der Waals surface area contributed by atoms with E-state index in [2.05, 4.69) is 38.1 Å². The Hall–Kier alpha value is -2.04. The van der Waals surface area contributed by atoms with Gasteiger partial charge < -0.3 is 19.3 Å². The second kappa shape index (κ2) is 8.77. The lowest BCUT2D eigenvalue weighted by Crippen LogP contribution is -2.32. The smallest absolute Gasteiger partial charge is 0.119 e. The van der Waals surface area contributed by atoms with Crippen LogP contribution in [0.2, 0.25) is 0 Å². The van der Waals surface area contributed by atoms with Crippen LogP contribution in [0.1, 0.15) is 44.7 Å². The lowest BCUT2D eigenvalue weighted by Gasteiger charge is -2.27. The zero-order valence-corrected chi connectivity index (χ0v) is 16.5. The maximum atomic E-state index is 9.62. The standard InChI is InChI=1S/C23H30O4/c1-4-19(24)15-26-20-9-5-17(6-10-20)23(2,3)18-7-11-21(12-8-18)27-16-22-13-14-25-22/h5-12,19,22,24H,4,13-16H2,1-3H3. The first-order valence-electron chi connectivity index (χ1n) is 9.75. The molecule has 27 heavy (non-hydrogen) atoms. The second-order valence-corrected chi connectivity index (χ2v) is 7.64. The van der Waals surface area contributed by atoms with E-state index in [9.17, 15) is 5.11 Å². The van der Waals surface area contributed by atoms with Crippen molar-refractivity contribution in [2.24, 2.45) is 0 Å². The summed E-state index contributed by atoms with van der Waals surface area (Å²) in [6.45, 7) is 8.16. The van der Waals surface area contributed by atoms with Gasteiger partial charge in [0.15, 0.2) is 0 Å². The molecule has 1 aliphatic rings. The molecule has 0 saturated carbocycles. The van der Waals surface area contributed by atoms with Gasteiger partial charge >= 0.3 is 0 Å². The minimum absolute atomic E-state index is 0.128. The summed E-state index contributed by atoms with van der Waals surface area (Å²) in [6, 6.07) is 16.4. The van der Waals surface area contributed by atoms with Crippen LogP contribution in [0.4, 0.5) is 0 Å². The highest BCUT2D eigenvalue weighted by Crippen LogP contribution is 2.33.